The van der Waals surface area contributed by atoms with Crippen molar-refractivity contribution in [3.63, 3.8) is 0 Å². The van der Waals surface area contributed by atoms with Crippen molar-refractivity contribution in [2.75, 3.05) is 38.3 Å². The molecular weight excluding hydrogens is 556 g/mol. The predicted octanol–water partition coefficient (Wildman–Crippen LogP) is 3.55. The zero-order chi connectivity index (χ0) is 30.1. The first kappa shape index (κ1) is 32.7. The van der Waals surface area contributed by atoms with Gasteiger partial charge >= 0.3 is 24.3 Å². The molecule has 0 amide bonds. The van der Waals surface area contributed by atoms with Crippen LogP contribution >= 0.6 is 0 Å². The summed E-state index contributed by atoms with van der Waals surface area (Å²) < 4.78 is 74.2. The molecule has 11 nitrogen and oxygen atoms in total. The monoisotopic (exact) mass is 585 g/mol. The molecule has 0 aliphatic carbocycles. The molecule has 224 valence electrons. The van der Waals surface area contributed by atoms with Crippen molar-refractivity contribution in [1.82, 2.24) is 20.0 Å². The minimum absolute atomic E-state index is 0.332. The van der Waals surface area contributed by atoms with Gasteiger partial charge in [-0.3, -0.25) is 4.90 Å². The average Bonchev–Trinajstić information content (AvgIpc) is 3.44. The molecule has 2 fully saturated rings. The molecule has 1 atom stereocenters. The Kier molecular flexibility index (Phi) is 11.2. The van der Waals surface area contributed by atoms with Crippen LogP contribution in [0, 0.1) is 12.3 Å². The van der Waals surface area contributed by atoms with Gasteiger partial charge in [-0.25, -0.2) is 19.6 Å². The third-order valence-electron chi connectivity index (χ3n) is 6.25. The molecule has 17 heteroatoms. The number of methoxy groups -OCH3 is 1. The quantitative estimate of drug-likeness (QED) is 0.498. The van der Waals surface area contributed by atoms with Gasteiger partial charge in [-0.1, -0.05) is 5.16 Å². The maximum absolute atomic E-state index is 10.6. The number of carboxylic acid groups (broad SMARTS) is 2. The number of halogens is 6. The van der Waals surface area contributed by atoms with Crippen LogP contribution < -0.4 is 4.90 Å². The van der Waals surface area contributed by atoms with Crippen molar-refractivity contribution in [3.05, 3.63) is 36.0 Å². The Balaban J connectivity index is 0.000000333. The number of aryl methyl sites for hydroxylation is 1. The second-order valence-electron chi connectivity index (χ2n) is 9.30. The highest BCUT2D eigenvalue weighted by Gasteiger charge is 2.46. The van der Waals surface area contributed by atoms with Gasteiger partial charge in [-0.05, 0) is 50.8 Å². The molecule has 0 bridgehead atoms. The molecule has 2 saturated heterocycles. The second-order valence-corrected chi connectivity index (χ2v) is 9.30. The van der Waals surface area contributed by atoms with E-state index in [0.717, 1.165) is 56.6 Å². The van der Waals surface area contributed by atoms with Crippen LogP contribution in [0.1, 0.15) is 30.7 Å². The number of piperidine rings is 1. The summed E-state index contributed by atoms with van der Waals surface area (Å²) in [6.07, 6.45) is -3.00. The van der Waals surface area contributed by atoms with Gasteiger partial charge in [0, 0.05) is 38.7 Å². The fourth-order valence-corrected chi connectivity index (χ4v) is 4.45. The third-order valence-corrected chi connectivity index (χ3v) is 6.25. The van der Waals surface area contributed by atoms with Crippen LogP contribution in [-0.2, 0) is 20.9 Å². The van der Waals surface area contributed by atoms with Gasteiger partial charge in [0.2, 0.25) is 5.95 Å². The van der Waals surface area contributed by atoms with Gasteiger partial charge < -0.3 is 24.4 Å². The molecule has 4 heterocycles. The number of hydrogen-bond acceptors (Lipinski definition) is 9. The van der Waals surface area contributed by atoms with E-state index in [-0.39, 0.29) is 0 Å². The van der Waals surface area contributed by atoms with E-state index >= 15 is 0 Å². The van der Waals surface area contributed by atoms with Crippen LogP contribution in [0.2, 0.25) is 0 Å². The number of carboxylic acids is 2. The summed E-state index contributed by atoms with van der Waals surface area (Å²) in [5.74, 6) is -3.81. The Labute approximate surface area is 224 Å². The molecule has 4 rings (SSSR count). The molecule has 1 unspecified atom stereocenters. The molecule has 2 aliphatic heterocycles. The molecule has 2 N–H and O–H groups in total. The largest absolute Gasteiger partial charge is 0.490 e. The number of carbonyl (C=O) groups is 2. The molecular formula is C23H29F6N5O6. The summed E-state index contributed by atoms with van der Waals surface area (Å²) in [5.41, 5.74) is 1.36. The first-order chi connectivity index (χ1) is 18.6. The number of ether oxygens (including phenoxy) is 1. The van der Waals surface area contributed by atoms with Crippen molar-refractivity contribution < 1.29 is 55.4 Å². The third kappa shape index (κ3) is 9.93. The number of nitrogens with zero attached hydrogens (tertiary/aromatic N) is 5. The maximum atomic E-state index is 10.6. The van der Waals surface area contributed by atoms with Gasteiger partial charge in [-0.2, -0.15) is 26.3 Å². The standard InChI is InChI=1S/C19H27N5O2.2C2HF3O2/c1-15-10-16(22-26-15)12-23-8-4-19(5-9-23)11-17(13-25-2)24(14-19)18-20-6-3-7-21-18;2*3-2(4,5)1(6)7/h3,6-7,10,17H,4-5,8-9,11-14H2,1-2H3;2*(H,6,7). The summed E-state index contributed by atoms with van der Waals surface area (Å²) in [6.45, 7) is 6.74. The maximum Gasteiger partial charge on any atom is 0.490 e. The molecule has 0 aromatic carbocycles. The van der Waals surface area contributed by atoms with E-state index < -0.39 is 24.3 Å². The summed E-state index contributed by atoms with van der Waals surface area (Å²) in [7, 11) is 1.78. The highest BCUT2D eigenvalue weighted by atomic mass is 19.4. The topological polar surface area (TPSA) is 142 Å². The van der Waals surface area contributed by atoms with Gasteiger partial charge in [0.1, 0.15) is 5.76 Å². The first-order valence-electron chi connectivity index (χ1n) is 11.8. The van der Waals surface area contributed by atoms with Crippen molar-refractivity contribution in [3.8, 4) is 0 Å². The Hall–Kier alpha value is -3.47. The Morgan fingerprint density at radius 3 is 2.02 bits per heavy atom. The molecule has 1 spiro atoms. The molecule has 40 heavy (non-hydrogen) atoms. The summed E-state index contributed by atoms with van der Waals surface area (Å²) in [5, 5.41) is 18.4. The SMILES string of the molecule is COCC1CC2(CCN(Cc3cc(C)on3)CC2)CN1c1ncccn1.O=C(O)C(F)(F)F.O=C(O)C(F)(F)F. The van der Waals surface area contributed by atoms with Crippen LogP contribution in [-0.4, -0.2) is 93.9 Å². The lowest BCUT2D eigenvalue weighted by molar-refractivity contribution is -0.193. The van der Waals surface area contributed by atoms with E-state index in [0.29, 0.717) is 11.5 Å². The Morgan fingerprint density at radius 1 is 1.07 bits per heavy atom. The molecule has 2 aromatic rings. The summed E-state index contributed by atoms with van der Waals surface area (Å²) in [4.78, 5) is 31.6. The van der Waals surface area contributed by atoms with E-state index in [1.165, 1.54) is 12.8 Å². The number of aromatic nitrogens is 3. The Bertz CT molecular complexity index is 1070. The number of rotatable bonds is 5. The predicted molar refractivity (Wildman–Crippen MR) is 125 cm³/mol. The van der Waals surface area contributed by atoms with Crippen molar-refractivity contribution in [2.24, 2.45) is 5.41 Å². The lowest BCUT2D eigenvalue weighted by Crippen LogP contribution is -2.41. The number of hydrogen-bond donors (Lipinski definition) is 2. The number of anilines is 1. The van der Waals surface area contributed by atoms with Crippen LogP contribution in [0.5, 0.6) is 0 Å². The molecule has 0 radical (unpaired) electrons. The van der Waals surface area contributed by atoms with Crippen LogP contribution in [0.25, 0.3) is 0 Å². The minimum atomic E-state index is -5.08. The molecule has 0 saturated carbocycles. The van der Waals surface area contributed by atoms with Crippen LogP contribution in [0.4, 0.5) is 32.3 Å². The molecule has 2 aromatic heterocycles. The Morgan fingerprint density at radius 2 is 1.60 bits per heavy atom. The normalized spacial score (nSPS) is 18.9. The minimum Gasteiger partial charge on any atom is -0.475 e. The lowest BCUT2D eigenvalue weighted by atomic mass is 9.76. The number of likely N-dealkylation sites (tertiary alicyclic amines) is 1. The van der Waals surface area contributed by atoms with Gasteiger partial charge in [-0.15, -0.1) is 0 Å². The fourth-order valence-electron chi connectivity index (χ4n) is 4.45. The summed E-state index contributed by atoms with van der Waals surface area (Å²) in [6, 6.07) is 4.25. The fraction of sp³-hybridized carbons (Fsp3) is 0.609. The number of aliphatic carboxylic acids is 2. The van der Waals surface area contributed by atoms with E-state index in [4.69, 9.17) is 29.1 Å². The zero-order valence-electron chi connectivity index (χ0n) is 21.6. The number of alkyl halides is 6. The average molecular weight is 586 g/mol. The van der Waals surface area contributed by atoms with Crippen LogP contribution in [0.15, 0.2) is 29.0 Å². The highest BCUT2D eigenvalue weighted by molar-refractivity contribution is 5.73. The lowest BCUT2D eigenvalue weighted by Gasteiger charge is -2.39. The molecule has 2 aliphatic rings. The van der Waals surface area contributed by atoms with E-state index in [1.807, 2.05) is 31.5 Å². The van der Waals surface area contributed by atoms with E-state index in [9.17, 15) is 26.3 Å². The summed E-state index contributed by atoms with van der Waals surface area (Å²) >= 11 is 0. The smallest absolute Gasteiger partial charge is 0.475 e. The van der Waals surface area contributed by atoms with Crippen LogP contribution in [0.3, 0.4) is 0 Å². The van der Waals surface area contributed by atoms with E-state index in [2.05, 4.69) is 24.9 Å². The van der Waals surface area contributed by atoms with Gasteiger partial charge in [0.15, 0.2) is 0 Å². The zero-order valence-corrected chi connectivity index (χ0v) is 21.6. The van der Waals surface area contributed by atoms with Crippen molar-refractivity contribution in [2.45, 2.75) is 51.1 Å². The van der Waals surface area contributed by atoms with Gasteiger partial charge in [0.25, 0.3) is 0 Å². The second kappa shape index (κ2) is 13.7. The van der Waals surface area contributed by atoms with Crippen molar-refractivity contribution in [1.29, 1.82) is 0 Å². The first-order valence-corrected chi connectivity index (χ1v) is 11.8. The van der Waals surface area contributed by atoms with E-state index in [1.54, 1.807) is 7.11 Å². The van der Waals surface area contributed by atoms with Gasteiger partial charge in [0.05, 0.1) is 18.3 Å². The highest BCUT2D eigenvalue weighted by Crippen LogP contribution is 2.44. The van der Waals surface area contributed by atoms with Crippen molar-refractivity contribution >= 4 is 17.9 Å².